The van der Waals surface area contributed by atoms with Crippen molar-refractivity contribution < 1.29 is 14.3 Å². The Kier molecular flexibility index (Phi) is 4.01. The molecule has 1 amide bonds. The number of nitrogens with one attached hydrogen (secondary N) is 1. The smallest absolute Gasteiger partial charge is 0.231 e. The lowest BCUT2D eigenvalue weighted by molar-refractivity contribution is -0.116. The van der Waals surface area contributed by atoms with Crippen LogP contribution in [0.25, 0.3) is 11.0 Å². The molecule has 0 unspecified atom stereocenters. The minimum Gasteiger partial charge on any atom is -0.454 e. The number of amides is 1. The fraction of sp³-hybridized carbons (Fsp3) is 0.263. The summed E-state index contributed by atoms with van der Waals surface area (Å²) in [5.41, 5.74) is 2.95. The molecular formula is C19H19N3O3. The Morgan fingerprint density at radius 1 is 1.20 bits per heavy atom. The Hall–Kier alpha value is -3.02. The SMILES string of the molecule is CCn1c(NC(=O)CCc2ccc3c(c2)OCO3)nc2ccccc21. The molecule has 6 heteroatoms. The Labute approximate surface area is 145 Å². The molecule has 3 aromatic rings. The number of rotatable bonds is 5. The molecule has 0 fully saturated rings. The highest BCUT2D eigenvalue weighted by molar-refractivity contribution is 5.91. The molecule has 0 radical (unpaired) electrons. The van der Waals surface area contributed by atoms with Crippen molar-refractivity contribution in [3.8, 4) is 11.5 Å². The van der Waals surface area contributed by atoms with Crippen LogP contribution in [-0.4, -0.2) is 22.3 Å². The van der Waals surface area contributed by atoms with E-state index in [-0.39, 0.29) is 12.7 Å². The zero-order valence-corrected chi connectivity index (χ0v) is 14.0. The van der Waals surface area contributed by atoms with Gasteiger partial charge < -0.3 is 14.0 Å². The van der Waals surface area contributed by atoms with Crippen molar-refractivity contribution in [3.05, 3.63) is 48.0 Å². The second-order valence-electron chi connectivity index (χ2n) is 5.90. The molecule has 1 aliphatic rings. The summed E-state index contributed by atoms with van der Waals surface area (Å²) in [4.78, 5) is 16.9. The molecule has 0 saturated carbocycles. The summed E-state index contributed by atoms with van der Waals surface area (Å²) in [6, 6.07) is 13.6. The molecule has 6 nitrogen and oxygen atoms in total. The van der Waals surface area contributed by atoms with Gasteiger partial charge in [-0.3, -0.25) is 10.1 Å². The summed E-state index contributed by atoms with van der Waals surface area (Å²) in [5, 5.41) is 2.93. The van der Waals surface area contributed by atoms with Gasteiger partial charge in [0.05, 0.1) is 11.0 Å². The van der Waals surface area contributed by atoms with E-state index in [0.29, 0.717) is 18.8 Å². The fourth-order valence-corrected chi connectivity index (χ4v) is 3.03. The van der Waals surface area contributed by atoms with E-state index in [1.54, 1.807) is 0 Å². The summed E-state index contributed by atoms with van der Waals surface area (Å²) < 4.78 is 12.7. The number of hydrogen-bond donors (Lipinski definition) is 1. The quantitative estimate of drug-likeness (QED) is 0.775. The maximum atomic E-state index is 12.3. The van der Waals surface area contributed by atoms with E-state index in [1.165, 1.54) is 0 Å². The van der Waals surface area contributed by atoms with Gasteiger partial charge in [-0.1, -0.05) is 18.2 Å². The van der Waals surface area contributed by atoms with E-state index in [0.717, 1.165) is 34.6 Å². The first-order valence-corrected chi connectivity index (χ1v) is 8.38. The summed E-state index contributed by atoms with van der Waals surface area (Å²) in [6.45, 7) is 3.04. The predicted molar refractivity (Wildman–Crippen MR) is 94.9 cm³/mol. The molecule has 0 aliphatic carbocycles. The highest BCUT2D eigenvalue weighted by Crippen LogP contribution is 2.32. The zero-order chi connectivity index (χ0) is 17.2. The Morgan fingerprint density at radius 3 is 2.92 bits per heavy atom. The van der Waals surface area contributed by atoms with E-state index in [1.807, 2.05) is 54.0 Å². The lowest BCUT2D eigenvalue weighted by Gasteiger charge is -2.08. The van der Waals surface area contributed by atoms with Crippen LogP contribution in [0.5, 0.6) is 11.5 Å². The highest BCUT2D eigenvalue weighted by atomic mass is 16.7. The molecule has 0 bridgehead atoms. The molecular weight excluding hydrogens is 318 g/mol. The van der Waals surface area contributed by atoms with Gasteiger partial charge in [0.25, 0.3) is 0 Å². The maximum Gasteiger partial charge on any atom is 0.231 e. The number of carbonyl (C=O) groups excluding carboxylic acids is 1. The van der Waals surface area contributed by atoms with E-state index in [9.17, 15) is 4.79 Å². The van der Waals surface area contributed by atoms with Crippen LogP contribution in [0.3, 0.4) is 0 Å². The standard InChI is InChI=1S/C19H19N3O3/c1-2-22-15-6-4-3-5-14(15)20-19(22)21-18(23)10-8-13-7-9-16-17(11-13)25-12-24-16/h3-7,9,11H,2,8,10,12H2,1H3,(H,20,21,23). The summed E-state index contributed by atoms with van der Waals surface area (Å²) in [7, 11) is 0. The lowest BCUT2D eigenvalue weighted by Crippen LogP contribution is -2.16. The van der Waals surface area contributed by atoms with Crippen LogP contribution >= 0.6 is 0 Å². The van der Waals surface area contributed by atoms with Crippen LogP contribution < -0.4 is 14.8 Å². The molecule has 1 N–H and O–H groups in total. The van der Waals surface area contributed by atoms with Crippen LogP contribution in [0, 0.1) is 0 Å². The first-order chi connectivity index (χ1) is 12.2. The number of nitrogens with zero attached hydrogens (tertiary/aromatic N) is 2. The third-order valence-electron chi connectivity index (χ3n) is 4.30. The first kappa shape index (κ1) is 15.5. The number of ether oxygens (including phenoxy) is 2. The van der Waals surface area contributed by atoms with E-state index in [2.05, 4.69) is 10.3 Å². The number of fused-ring (bicyclic) bond motifs is 2. The van der Waals surface area contributed by atoms with Crippen molar-refractivity contribution >= 4 is 22.9 Å². The van der Waals surface area contributed by atoms with Crippen LogP contribution in [0.15, 0.2) is 42.5 Å². The van der Waals surface area contributed by atoms with Crippen LogP contribution in [0.2, 0.25) is 0 Å². The second-order valence-corrected chi connectivity index (χ2v) is 5.90. The van der Waals surface area contributed by atoms with Gasteiger partial charge in [0, 0.05) is 13.0 Å². The molecule has 2 heterocycles. The number of benzene rings is 2. The van der Waals surface area contributed by atoms with Crippen LogP contribution in [0.4, 0.5) is 5.95 Å². The van der Waals surface area contributed by atoms with Crippen LogP contribution in [0.1, 0.15) is 18.9 Å². The molecule has 1 aliphatic heterocycles. The van der Waals surface area contributed by atoms with Gasteiger partial charge in [0.15, 0.2) is 11.5 Å². The van der Waals surface area contributed by atoms with Crippen molar-refractivity contribution in [2.75, 3.05) is 12.1 Å². The van der Waals surface area contributed by atoms with Gasteiger partial charge in [0.2, 0.25) is 18.6 Å². The number of imidazole rings is 1. The second kappa shape index (κ2) is 6.47. The highest BCUT2D eigenvalue weighted by Gasteiger charge is 2.15. The normalized spacial score (nSPS) is 12.5. The predicted octanol–water partition coefficient (Wildman–Crippen LogP) is 3.36. The van der Waals surface area contributed by atoms with Gasteiger partial charge in [-0.25, -0.2) is 4.98 Å². The minimum absolute atomic E-state index is 0.0531. The Bertz CT molecular complexity index is 933. The monoisotopic (exact) mass is 337 g/mol. The van der Waals surface area contributed by atoms with Crippen molar-refractivity contribution in [1.29, 1.82) is 0 Å². The van der Waals surface area contributed by atoms with E-state index >= 15 is 0 Å². The number of carbonyl (C=O) groups is 1. The molecule has 0 saturated heterocycles. The minimum atomic E-state index is -0.0531. The topological polar surface area (TPSA) is 65.4 Å². The molecule has 25 heavy (non-hydrogen) atoms. The summed E-state index contributed by atoms with van der Waals surface area (Å²) in [5.74, 6) is 2.04. The molecule has 128 valence electrons. The fourth-order valence-electron chi connectivity index (χ4n) is 3.03. The molecule has 0 atom stereocenters. The van der Waals surface area contributed by atoms with Gasteiger partial charge in [-0.05, 0) is 43.2 Å². The third kappa shape index (κ3) is 3.03. The third-order valence-corrected chi connectivity index (χ3v) is 4.30. The van der Waals surface area contributed by atoms with Gasteiger partial charge >= 0.3 is 0 Å². The first-order valence-electron chi connectivity index (χ1n) is 8.38. The molecule has 1 aromatic heterocycles. The molecule has 0 spiro atoms. The number of para-hydroxylation sites is 2. The van der Waals surface area contributed by atoms with E-state index in [4.69, 9.17) is 9.47 Å². The molecule has 4 rings (SSSR count). The Morgan fingerprint density at radius 2 is 2.04 bits per heavy atom. The number of aromatic nitrogens is 2. The largest absolute Gasteiger partial charge is 0.454 e. The van der Waals surface area contributed by atoms with E-state index < -0.39 is 0 Å². The number of anilines is 1. The molecule has 2 aromatic carbocycles. The average molecular weight is 337 g/mol. The van der Waals surface area contributed by atoms with Gasteiger partial charge in [0.1, 0.15) is 0 Å². The van der Waals surface area contributed by atoms with Crippen molar-refractivity contribution in [1.82, 2.24) is 9.55 Å². The van der Waals surface area contributed by atoms with Crippen molar-refractivity contribution in [2.24, 2.45) is 0 Å². The lowest BCUT2D eigenvalue weighted by atomic mass is 10.1. The van der Waals surface area contributed by atoms with Gasteiger partial charge in [-0.15, -0.1) is 0 Å². The average Bonchev–Trinajstić information content (AvgIpc) is 3.23. The number of aryl methyl sites for hydroxylation is 2. The Balaban J connectivity index is 1.44. The summed E-state index contributed by atoms with van der Waals surface area (Å²) >= 11 is 0. The van der Waals surface area contributed by atoms with Crippen LogP contribution in [-0.2, 0) is 17.8 Å². The zero-order valence-electron chi connectivity index (χ0n) is 14.0. The van der Waals surface area contributed by atoms with Crippen molar-refractivity contribution in [2.45, 2.75) is 26.3 Å². The van der Waals surface area contributed by atoms with Crippen molar-refractivity contribution in [3.63, 3.8) is 0 Å². The number of hydrogen-bond acceptors (Lipinski definition) is 4. The maximum absolute atomic E-state index is 12.3. The van der Waals surface area contributed by atoms with Gasteiger partial charge in [-0.2, -0.15) is 0 Å². The summed E-state index contributed by atoms with van der Waals surface area (Å²) in [6.07, 6.45) is 1.02.